The normalized spacial score (nSPS) is 14.8. The maximum Gasteiger partial charge on any atom is 0.269 e. The molecular weight excluding hydrogens is 424 g/mol. The number of benzene rings is 2. The van der Waals surface area contributed by atoms with E-state index < -0.39 is 4.92 Å². The zero-order chi connectivity index (χ0) is 21.5. The summed E-state index contributed by atoms with van der Waals surface area (Å²) in [6, 6.07) is 13.2. The quantitative estimate of drug-likeness (QED) is 0.142. The largest absolute Gasteiger partial charge is 0.490 e. The van der Waals surface area contributed by atoms with E-state index >= 15 is 0 Å². The van der Waals surface area contributed by atoms with Crippen LogP contribution in [0.15, 0.2) is 66.1 Å². The molecule has 0 saturated carbocycles. The fraction of sp³-hybridized carbons (Fsp3) is 0.143. The Balaban J connectivity index is 1.60. The van der Waals surface area contributed by atoms with E-state index in [0.717, 1.165) is 5.56 Å². The molecule has 0 aromatic heterocycles. The van der Waals surface area contributed by atoms with Crippen LogP contribution in [0.2, 0.25) is 0 Å². The number of carbonyl (C=O) groups excluding carboxylic acids is 1. The van der Waals surface area contributed by atoms with Gasteiger partial charge in [0.1, 0.15) is 29.0 Å². The molecule has 0 unspecified atom stereocenters. The molecule has 0 radical (unpaired) electrons. The van der Waals surface area contributed by atoms with Crippen molar-refractivity contribution in [3.8, 4) is 11.5 Å². The number of hydrogen-bond acceptors (Lipinski definition) is 7. The molecule has 9 heteroatoms. The second-order valence-electron chi connectivity index (χ2n) is 6.07. The fourth-order valence-corrected chi connectivity index (χ4v) is 3.90. The summed E-state index contributed by atoms with van der Waals surface area (Å²) in [6.07, 6.45) is 3.39. The Morgan fingerprint density at radius 1 is 1.13 bits per heavy atom. The number of ether oxygens (including phenoxy) is 2. The Hall–Kier alpha value is -3.17. The molecular formula is C21H18N2O5S2. The number of rotatable bonds is 9. The molecule has 1 aliphatic heterocycles. The summed E-state index contributed by atoms with van der Waals surface area (Å²) >= 11 is 6.50. The molecule has 0 bridgehead atoms. The highest BCUT2D eigenvalue weighted by Crippen LogP contribution is 2.34. The molecule has 1 heterocycles. The average molecular weight is 443 g/mol. The van der Waals surface area contributed by atoms with Crippen molar-refractivity contribution in [2.45, 2.75) is 0 Å². The third-order valence-electron chi connectivity index (χ3n) is 4.05. The number of nitro groups is 1. The second-order valence-corrected chi connectivity index (χ2v) is 7.74. The van der Waals surface area contributed by atoms with E-state index in [-0.39, 0.29) is 24.8 Å². The van der Waals surface area contributed by atoms with Gasteiger partial charge in [-0.3, -0.25) is 19.8 Å². The van der Waals surface area contributed by atoms with E-state index in [2.05, 4.69) is 6.58 Å². The molecule has 3 rings (SSSR count). The molecule has 0 aliphatic carbocycles. The first kappa shape index (κ1) is 21.5. The third kappa shape index (κ3) is 5.25. The molecule has 1 saturated heterocycles. The zero-order valence-electron chi connectivity index (χ0n) is 15.9. The number of para-hydroxylation sites is 1. The van der Waals surface area contributed by atoms with Crippen molar-refractivity contribution in [2.24, 2.45) is 0 Å². The molecule has 0 atom stereocenters. The molecule has 2 aromatic carbocycles. The van der Waals surface area contributed by atoms with Gasteiger partial charge in [0.2, 0.25) is 0 Å². The van der Waals surface area contributed by atoms with Gasteiger partial charge in [0.15, 0.2) is 0 Å². The van der Waals surface area contributed by atoms with Crippen LogP contribution in [0.25, 0.3) is 6.08 Å². The van der Waals surface area contributed by atoms with Crippen molar-refractivity contribution in [1.29, 1.82) is 0 Å². The highest BCUT2D eigenvalue weighted by Gasteiger charge is 2.31. The van der Waals surface area contributed by atoms with Crippen molar-refractivity contribution >= 4 is 46.0 Å². The molecule has 0 N–H and O–H groups in total. The van der Waals surface area contributed by atoms with Gasteiger partial charge in [-0.1, -0.05) is 48.3 Å². The van der Waals surface area contributed by atoms with Crippen molar-refractivity contribution in [1.82, 2.24) is 4.90 Å². The number of amides is 1. The van der Waals surface area contributed by atoms with Crippen LogP contribution < -0.4 is 9.47 Å². The number of carbonyl (C=O) groups is 1. The van der Waals surface area contributed by atoms with E-state index in [1.807, 2.05) is 24.3 Å². The summed E-state index contributed by atoms with van der Waals surface area (Å²) in [6.45, 7) is 4.54. The molecule has 1 amide bonds. The number of thiocarbonyl (C=S) groups is 1. The van der Waals surface area contributed by atoms with Crippen molar-refractivity contribution < 1.29 is 19.2 Å². The lowest BCUT2D eigenvalue weighted by molar-refractivity contribution is -0.384. The molecule has 1 aliphatic rings. The first-order valence-electron chi connectivity index (χ1n) is 8.95. The third-order valence-corrected chi connectivity index (χ3v) is 5.43. The summed E-state index contributed by atoms with van der Waals surface area (Å²) in [5.74, 6) is 0.975. The Bertz CT molecular complexity index is 1000. The summed E-state index contributed by atoms with van der Waals surface area (Å²) in [4.78, 5) is 24.7. The van der Waals surface area contributed by atoms with E-state index in [9.17, 15) is 14.9 Å². The highest BCUT2D eigenvalue weighted by molar-refractivity contribution is 8.26. The van der Waals surface area contributed by atoms with Crippen LogP contribution in [0.5, 0.6) is 11.5 Å². The van der Waals surface area contributed by atoms with Gasteiger partial charge >= 0.3 is 0 Å². The van der Waals surface area contributed by atoms with E-state index in [1.54, 1.807) is 12.2 Å². The first-order chi connectivity index (χ1) is 14.5. The van der Waals surface area contributed by atoms with E-state index in [1.165, 1.54) is 40.9 Å². The van der Waals surface area contributed by atoms with E-state index in [0.29, 0.717) is 27.3 Å². The molecule has 0 spiro atoms. The summed E-state index contributed by atoms with van der Waals surface area (Å²) in [5, 5.41) is 10.7. The predicted molar refractivity (Wildman–Crippen MR) is 121 cm³/mol. The van der Waals surface area contributed by atoms with Gasteiger partial charge in [-0.25, -0.2) is 0 Å². The number of non-ortho nitro benzene ring substituents is 1. The fourth-order valence-electron chi connectivity index (χ4n) is 2.63. The average Bonchev–Trinajstić information content (AvgIpc) is 3.00. The molecule has 1 fully saturated rings. The number of thioether (sulfide) groups is 1. The summed E-state index contributed by atoms with van der Waals surface area (Å²) in [7, 11) is 0. The Labute approximate surface area is 183 Å². The van der Waals surface area contributed by atoms with Crippen molar-refractivity contribution in [2.75, 3.05) is 19.8 Å². The van der Waals surface area contributed by atoms with Crippen LogP contribution in [0.4, 0.5) is 5.69 Å². The summed E-state index contributed by atoms with van der Waals surface area (Å²) < 4.78 is 11.9. The van der Waals surface area contributed by atoms with Gasteiger partial charge in [-0.2, -0.15) is 0 Å². The van der Waals surface area contributed by atoms with Crippen molar-refractivity contribution in [3.05, 3.63) is 81.8 Å². The highest BCUT2D eigenvalue weighted by atomic mass is 32.2. The standard InChI is InChI=1S/C21H18N2O5S2/c1-2-11-22-20(24)19(30-21(22)29)14-15-5-3-4-6-18(15)28-13-12-27-17-9-7-16(8-10-17)23(25)26/h2-10,14H,1,11-13H2/b19-14-. The molecule has 154 valence electrons. The van der Waals surface area contributed by atoms with Crippen LogP contribution in [-0.4, -0.2) is 39.8 Å². The van der Waals surface area contributed by atoms with E-state index in [4.69, 9.17) is 21.7 Å². The number of hydrogen-bond donors (Lipinski definition) is 0. The second kappa shape index (κ2) is 10.0. The van der Waals surface area contributed by atoms with Gasteiger partial charge in [0, 0.05) is 24.2 Å². The minimum absolute atomic E-state index is 0.00559. The number of nitro benzene ring substituents is 1. The molecule has 30 heavy (non-hydrogen) atoms. The van der Waals surface area contributed by atoms with Gasteiger partial charge in [-0.05, 0) is 24.3 Å². The molecule has 2 aromatic rings. The van der Waals surface area contributed by atoms with Gasteiger partial charge < -0.3 is 9.47 Å². The lowest BCUT2D eigenvalue weighted by Crippen LogP contribution is -2.27. The number of nitrogens with zero attached hydrogens (tertiary/aromatic N) is 2. The SMILES string of the molecule is C=CCN1C(=O)/C(=C/c2ccccc2OCCOc2ccc([N+](=O)[O-])cc2)SC1=S. The van der Waals surface area contributed by atoms with Crippen LogP contribution in [0, 0.1) is 10.1 Å². The van der Waals surface area contributed by atoms with Crippen LogP contribution in [0.3, 0.4) is 0 Å². The maximum atomic E-state index is 12.5. The van der Waals surface area contributed by atoms with Gasteiger partial charge in [0.05, 0.1) is 9.83 Å². The maximum absolute atomic E-state index is 12.5. The Kier molecular flexibility index (Phi) is 7.21. The monoisotopic (exact) mass is 442 g/mol. The van der Waals surface area contributed by atoms with Gasteiger partial charge in [0.25, 0.3) is 11.6 Å². The predicted octanol–water partition coefficient (Wildman–Crippen LogP) is 4.44. The minimum atomic E-state index is -0.463. The topological polar surface area (TPSA) is 81.9 Å². The Morgan fingerprint density at radius 3 is 2.53 bits per heavy atom. The summed E-state index contributed by atoms with van der Waals surface area (Å²) in [5.41, 5.74) is 0.762. The zero-order valence-corrected chi connectivity index (χ0v) is 17.5. The Morgan fingerprint density at radius 2 is 1.83 bits per heavy atom. The lowest BCUT2D eigenvalue weighted by atomic mass is 10.2. The van der Waals surface area contributed by atoms with Crippen LogP contribution in [-0.2, 0) is 4.79 Å². The van der Waals surface area contributed by atoms with Crippen molar-refractivity contribution in [3.63, 3.8) is 0 Å². The van der Waals surface area contributed by atoms with Crippen LogP contribution in [0.1, 0.15) is 5.56 Å². The first-order valence-corrected chi connectivity index (χ1v) is 10.2. The van der Waals surface area contributed by atoms with Crippen LogP contribution >= 0.6 is 24.0 Å². The molecule has 7 nitrogen and oxygen atoms in total. The lowest BCUT2D eigenvalue weighted by Gasteiger charge is -2.11. The minimum Gasteiger partial charge on any atom is -0.490 e. The van der Waals surface area contributed by atoms with Gasteiger partial charge in [-0.15, -0.1) is 6.58 Å². The smallest absolute Gasteiger partial charge is 0.269 e.